The van der Waals surface area contributed by atoms with Gasteiger partial charge in [0.15, 0.2) is 0 Å². The van der Waals surface area contributed by atoms with Gasteiger partial charge in [-0.3, -0.25) is 14.8 Å². The summed E-state index contributed by atoms with van der Waals surface area (Å²) in [4.78, 5) is 9.55. The largest absolute Gasteiger partial charge is 0.297 e. The molecule has 0 radical (unpaired) electrons. The molecule has 3 nitrogen and oxygen atoms in total. The molecular weight excluding hydrogens is 338 g/mol. The Bertz CT molecular complexity index is 604. The van der Waals surface area contributed by atoms with E-state index in [1.54, 1.807) is 0 Å². The van der Waals surface area contributed by atoms with E-state index in [1.807, 2.05) is 12.3 Å². The van der Waals surface area contributed by atoms with Crippen molar-refractivity contribution in [3.8, 4) is 0 Å². The van der Waals surface area contributed by atoms with Crippen molar-refractivity contribution in [2.24, 2.45) is 0 Å². The second kappa shape index (κ2) is 7.36. The minimum Gasteiger partial charge on any atom is -0.297 e. The van der Waals surface area contributed by atoms with Crippen molar-refractivity contribution >= 4 is 15.9 Å². The van der Waals surface area contributed by atoms with Crippen LogP contribution in [-0.2, 0) is 13.1 Å². The quantitative estimate of drug-likeness (QED) is 0.832. The molecule has 116 valence electrons. The van der Waals surface area contributed by atoms with Crippen LogP contribution >= 0.6 is 15.9 Å². The highest BCUT2D eigenvalue weighted by Gasteiger charge is 2.17. The molecule has 0 aliphatic carbocycles. The van der Waals surface area contributed by atoms with E-state index in [4.69, 9.17) is 0 Å². The molecule has 0 spiro atoms. The van der Waals surface area contributed by atoms with E-state index in [1.165, 1.54) is 16.8 Å². The number of aryl methyl sites for hydroxylation is 1. The minimum atomic E-state index is 0.971. The van der Waals surface area contributed by atoms with Crippen molar-refractivity contribution in [2.45, 2.75) is 20.0 Å². The average molecular weight is 360 g/mol. The lowest BCUT2D eigenvalue weighted by Crippen LogP contribution is -2.45. The van der Waals surface area contributed by atoms with Gasteiger partial charge in [-0.15, -0.1) is 0 Å². The van der Waals surface area contributed by atoms with Gasteiger partial charge in [0.2, 0.25) is 0 Å². The molecule has 0 N–H and O–H groups in total. The fourth-order valence-corrected chi connectivity index (χ4v) is 3.11. The molecule has 0 saturated carbocycles. The lowest BCUT2D eigenvalue weighted by Gasteiger charge is -2.34. The number of hydrogen-bond donors (Lipinski definition) is 0. The molecular formula is C18H22BrN3. The van der Waals surface area contributed by atoms with Crippen LogP contribution in [0, 0.1) is 6.92 Å². The summed E-state index contributed by atoms with van der Waals surface area (Å²) in [5.74, 6) is 0. The Morgan fingerprint density at radius 3 is 2.23 bits per heavy atom. The fraction of sp³-hybridized carbons (Fsp3) is 0.389. The molecule has 0 atom stereocenters. The van der Waals surface area contributed by atoms with Crippen molar-refractivity contribution in [1.29, 1.82) is 0 Å². The van der Waals surface area contributed by atoms with Crippen molar-refractivity contribution in [1.82, 2.24) is 14.8 Å². The number of piperazine rings is 1. The normalized spacial score (nSPS) is 16.8. The van der Waals surface area contributed by atoms with Crippen LogP contribution in [0.25, 0.3) is 0 Å². The van der Waals surface area contributed by atoms with Gasteiger partial charge in [-0.25, -0.2) is 0 Å². The first-order chi connectivity index (χ1) is 10.7. The lowest BCUT2D eigenvalue weighted by molar-refractivity contribution is 0.121. The summed E-state index contributed by atoms with van der Waals surface area (Å²) in [5.41, 5.74) is 3.89. The zero-order valence-electron chi connectivity index (χ0n) is 13.0. The second-order valence-corrected chi connectivity index (χ2v) is 6.86. The summed E-state index contributed by atoms with van der Waals surface area (Å²) in [7, 11) is 0. The fourth-order valence-electron chi connectivity index (χ4n) is 2.85. The van der Waals surface area contributed by atoms with Crippen LogP contribution in [0.5, 0.6) is 0 Å². The maximum Gasteiger partial charge on any atom is 0.0573 e. The molecule has 1 saturated heterocycles. The van der Waals surface area contributed by atoms with Gasteiger partial charge in [-0.1, -0.05) is 34.1 Å². The predicted molar refractivity (Wildman–Crippen MR) is 93.7 cm³/mol. The van der Waals surface area contributed by atoms with Crippen molar-refractivity contribution in [2.75, 3.05) is 26.2 Å². The molecule has 1 aromatic heterocycles. The molecule has 1 aliphatic rings. The highest BCUT2D eigenvalue weighted by Crippen LogP contribution is 2.14. The van der Waals surface area contributed by atoms with Gasteiger partial charge >= 0.3 is 0 Å². The van der Waals surface area contributed by atoms with Gasteiger partial charge in [-0.2, -0.15) is 0 Å². The SMILES string of the molecule is Cc1cccnc1CN1CCN(Cc2ccc(Br)cc2)CC1. The highest BCUT2D eigenvalue weighted by atomic mass is 79.9. The average Bonchev–Trinajstić information content (AvgIpc) is 2.54. The summed E-state index contributed by atoms with van der Waals surface area (Å²) in [5, 5.41) is 0. The number of pyridine rings is 1. The molecule has 0 unspecified atom stereocenters. The lowest BCUT2D eigenvalue weighted by atomic mass is 10.1. The molecule has 2 aromatic rings. The molecule has 0 amide bonds. The van der Waals surface area contributed by atoms with Gasteiger partial charge in [0.1, 0.15) is 0 Å². The molecule has 2 heterocycles. The Morgan fingerprint density at radius 2 is 1.59 bits per heavy atom. The Balaban J connectivity index is 1.50. The maximum atomic E-state index is 4.51. The van der Waals surface area contributed by atoms with E-state index in [9.17, 15) is 0 Å². The van der Waals surface area contributed by atoms with Crippen LogP contribution in [0.2, 0.25) is 0 Å². The third kappa shape index (κ3) is 4.15. The van der Waals surface area contributed by atoms with Crippen LogP contribution in [0.15, 0.2) is 47.1 Å². The molecule has 4 heteroatoms. The summed E-state index contributed by atoms with van der Waals surface area (Å²) >= 11 is 3.49. The van der Waals surface area contributed by atoms with Crippen molar-refractivity contribution < 1.29 is 0 Å². The summed E-state index contributed by atoms with van der Waals surface area (Å²) < 4.78 is 1.15. The van der Waals surface area contributed by atoms with Gasteiger partial charge in [0.25, 0.3) is 0 Å². The van der Waals surface area contributed by atoms with Crippen LogP contribution in [-0.4, -0.2) is 41.0 Å². The number of benzene rings is 1. The Morgan fingerprint density at radius 1 is 0.955 bits per heavy atom. The number of hydrogen-bond acceptors (Lipinski definition) is 3. The van der Waals surface area contributed by atoms with E-state index in [-0.39, 0.29) is 0 Å². The van der Waals surface area contributed by atoms with E-state index in [0.29, 0.717) is 0 Å². The molecule has 22 heavy (non-hydrogen) atoms. The van der Waals surface area contributed by atoms with Gasteiger partial charge < -0.3 is 0 Å². The predicted octanol–water partition coefficient (Wildman–Crippen LogP) is 3.47. The Kier molecular flexibility index (Phi) is 5.24. The summed E-state index contributed by atoms with van der Waals surface area (Å²) in [6, 6.07) is 12.8. The Labute approximate surface area is 141 Å². The second-order valence-electron chi connectivity index (χ2n) is 5.95. The number of nitrogens with zero attached hydrogens (tertiary/aromatic N) is 3. The van der Waals surface area contributed by atoms with E-state index in [0.717, 1.165) is 43.7 Å². The molecule has 1 aromatic carbocycles. The Hall–Kier alpha value is -1.23. The van der Waals surface area contributed by atoms with Crippen molar-refractivity contribution in [3.05, 3.63) is 63.9 Å². The smallest absolute Gasteiger partial charge is 0.0573 e. The monoisotopic (exact) mass is 359 g/mol. The first-order valence-electron chi connectivity index (χ1n) is 7.80. The standard InChI is InChI=1S/C18H22BrN3/c1-15-3-2-8-20-18(15)14-22-11-9-21(10-12-22)13-16-4-6-17(19)7-5-16/h2-8H,9-14H2,1H3. The molecule has 0 bridgehead atoms. The first kappa shape index (κ1) is 15.7. The molecule has 3 rings (SSSR count). The summed E-state index contributed by atoms with van der Waals surface area (Å²) in [6.45, 7) is 8.65. The number of halogens is 1. The number of aromatic nitrogens is 1. The van der Waals surface area contributed by atoms with Crippen LogP contribution in [0.1, 0.15) is 16.8 Å². The molecule has 1 fully saturated rings. The van der Waals surface area contributed by atoms with E-state index in [2.05, 4.69) is 68.0 Å². The number of rotatable bonds is 4. The van der Waals surface area contributed by atoms with Crippen LogP contribution in [0.4, 0.5) is 0 Å². The molecule has 1 aliphatic heterocycles. The van der Waals surface area contributed by atoms with Gasteiger partial charge in [0.05, 0.1) is 5.69 Å². The van der Waals surface area contributed by atoms with Crippen LogP contribution < -0.4 is 0 Å². The van der Waals surface area contributed by atoms with Crippen LogP contribution in [0.3, 0.4) is 0 Å². The maximum absolute atomic E-state index is 4.51. The van der Waals surface area contributed by atoms with Gasteiger partial charge in [-0.05, 0) is 36.2 Å². The van der Waals surface area contributed by atoms with E-state index >= 15 is 0 Å². The minimum absolute atomic E-state index is 0.971. The summed E-state index contributed by atoms with van der Waals surface area (Å²) in [6.07, 6.45) is 1.89. The third-order valence-corrected chi connectivity index (χ3v) is 4.80. The third-order valence-electron chi connectivity index (χ3n) is 4.28. The van der Waals surface area contributed by atoms with E-state index < -0.39 is 0 Å². The zero-order valence-corrected chi connectivity index (χ0v) is 14.6. The van der Waals surface area contributed by atoms with Gasteiger partial charge in [0, 0.05) is 49.9 Å². The first-order valence-corrected chi connectivity index (χ1v) is 8.59. The van der Waals surface area contributed by atoms with Crippen molar-refractivity contribution in [3.63, 3.8) is 0 Å². The topological polar surface area (TPSA) is 19.4 Å². The highest BCUT2D eigenvalue weighted by molar-refractivity contribution is 9.10. The zero-order chi connectivity index (χ0) is 15.4.